The van der Waals surface area contributed by atoms with Crippen LogP contribution in [0.2, 0.25) is 0 Å². The number of fused-ring (bicyclic) bond motifs is 5. The summed E-state index contributed by atoms with van der Waals surface area (Å²) >= 11 is 0. The molecule has 0 aromatic carbocycles. The van der Waals surface area contributed by atoms with Crippen LogP contribution in [0, 0.1) is 5.82 Å². The lowest BCUT2D eigenvalue weighted by Gasteiger charge is -2.37. The molecule has 154 valence electrons. The molecule has 1 saturated carbocycles. The average molecular weight is 409 g/mol. The summed E-state index contributed by atoms with van der Waals surface area (Å²) in [6, 6.07) is 3.09. The van der Waals surface area contributed by atoms with Gasteiger partial charge < -0.3 is 20.3 Å². The van der Waals surface area contributed by atoms with Gasteiger partial charge in [0.15, 0.2) is 5.65 Å². The normalized spacial score (nSPS) is 22.4. The molecule has 2 aliphatic heterocycles. The van der Waals surface area contributed by atoms with Gasteiger partial charge >= 0.3 is 0 Å². The van der Waals surface area contributed by atoms with Gasteiger partial charge in [0.1, 0.15) is 23.0 Å². The molecule has 10 heteroatoms. The van der Waals surface area contributed by atoms with E-state index in [4.69, 9.17) is 9.72 Å². The van der Waals surface area contributed by atoms with E-state index in [0.717, 1.165) is 12.8 Å². The molecule has 1 atom stereocenters. The number of nitrogens with zero attached hydrogens (tertiary/aromatic N) is 5. The minimum atomic E-state index is -0.402. The van der Waals surface area contributed by atoms with E-state index >= 15 is 0 Å². The number of hydrogen-bond donors (Lipinski definition) is 2. The molecular weight excluding hydrogens is 389 g/mol. The van der Waals surface area contributed by atoms with Gasteiger partial charge in [-0.1, -0.05) is 0 Å². The van der Waals surface area contributed by atoms with Crippen molar-refractivity contribution in [3.63, 3.8) is 0 Å². The largest absolute Gasteiger partial charge is 0.377 e. The van der Waals surface area contributed by atoms with Gasteiger partial charge in [0.05, 0.1) is 37.2 Å². The Kier molecular flexibility index (Phi) is 3.73. The first-order valence-electron chi connectivity index (χ1n) is 10.0. The molecule has 2 bridgehead atoms. The number of anilines is 2. The van der Waals surface area contributed by atoms with Gasteiger partial charge in [-0.05, 0) is 25.0 Å². The highest BCUT2D eigenvalue weighted by molar-refractivity contribution is 6.00. The summed E-state index contributed by atoms with van der Waals surface area (Å²) in [5, 5.41) is 10.8. The molecule has 30 heavy (non-hydrogen) atoms. The molecule has 0 unspecified atom stereocenters. The van der Waals surface area contributed by atoms with Gasteiger partial charge in [-0.15, -0.1) is 0 Å². The predicted octanol–water partition coefficient (Wildman–Crippen LogP) is 1.53. The van der Waals surface area contributed by atoms with Crippen molar-refractivity contribution in [3.05, 3.63) is 47.7 Å². The lowest BCUT2D eigenvalue weighted by molar-refractivity contribution is 0.0934. The zero-order chi connectivity index (χ0) is 20.3. The summed E-state index contributed by atoms with van der Waals surface area (Å²) in [6.45, 7) is 2.02. The first-order valence-corrected chi connectivity index (χ1v) is 10.0. The third kappa shape index (κ3) is 2.78. The quantitative estimate of drug-likeness (QED) is 0.581. The molecule has 3 aromatic heterocycles. The number of ether oxygens (including phenoxy) is 1. The third-order valence-corrected chi connectivity index (χ3v) is 6.09. The first kappa shape index (κ1) is 17.6. The van der Waals surface area contributed by atoms with Crippen LogP contribution < -0.4 is 15.5 Å². The van der Waals surface area contributed by atoms with E-state index in [1.807, 2.05) is 6.07 Å². The van der Waals surface area contributed by atoms with Crippen molar-refractivity contribution >= 4 is 23.2 Å². The van der Waals surface area contributed by atoms with Crippen molar-refractivity contribution in [2.75, 3.05) is 36.5 Å². The number of carbonyl (C=O) groups is 1. The van der Waals surface area contributed by atoms with Gasteiger partial charge in [-0.3, -0.25) is 4.79 Å². The van der Waals surface area contributed by atoms with Crippen molar-refractivity contribution in [1.29, 1.82) is 0 Å². The standard InChI is InChI=1S/C20H20FN7O2/c21-12-7-13-15-10-30-6-5-27(15)16-1-4-28-18(25-16)14(9-24-28)19(29)26-20(2-3-20)11-23-17(13)22-8-12/h1,4,7-9,15H,2-3,5-6,10-11H2,(H,22,23)(H,26,29)/t15-/m0/s1. The smallest absolute Gasteiger partial charge is 0.257 e. The van der Waals surface area contributed by atoms with E-state index in [1.54, 1.807) is 16.9 Å². The Morgan fingerprint density at radius 1 is 1.30 bits per heavy atom. The molecule has 3 aromatic rings. The van der Waals surface area contributed by atoms with Crippen LogP contribution in [0.1, 0.15) is 34.8 Å². The number of carbonyl (C=O) groups excluding carboxylic acids is 1. The highest BCUT2D eigenvalue weighted by Gasteiger charge is 2.45. The lowest BCUT2D eigenvalue weighted by Crippen LogP contribution is -2.42. The van der Waals surface area contributed by atoms with E-state index < -0.39 is 5.82 Å². The summed E-state index contributed by atoms with van der Waals surface area (Å²) in [5.74, 6) is 0.682. The second-order valence-electron chi connectivity index (χ2n) is 8.08. The van der Waals surface area contributed by atoms with Crippen LogP contribution in [0.3, 0.4) is 0 Å². The Hall–Kier alpha value is -3.27. The molecule has 1 spiro atoms. The SMILES string of the molecule is O=C1NC2(CC2)CNc2ncc(F)cc2[C@@H]2COCCN2c2ccn3ncc1c3n2. The summed E-state index contributed by atoms with van der Waals surface area (Å²) in [5.41, 5.74) is 1.30. The van der Waals surface area contributed by atoms with Crippen molar-refractivity contribution in [3.8, 4) is 0 Å². The average Bonchev–Trinajstić information content (AvgIpc) is 3.38. The summed E-state index contributed by atoms with van der Waals surface area (Å²) < 4.78 is 21.5. The van der Waals surface area contributed by atoms with E-state index in [-0.39, 0.29) is 17.5 Å². The minimum absolute atomic E-state index is 0.195. The second kappa shape index (κ2) is 6.36. The number of aromatic nitrogens is 4. The van der Waals surface area contributed by atoms with Crippen LogP contribution in [0.5, 0.6) is 0 Å². The second-order valence-corrected chi connectivity index (χ2v) is 8.08. The van der Waals surface area contributed by atoms with Crippen molar-refractivity contribution in [1.82, 2.24) is 24.9 Å². The fourth-order valence-electron chi connectivity index (χ4n) is 4.23. The maximum absolute atomic E-state index is 14.2. The topological polar surface area (TPSA) is 96.7 Å². The summed E-state index contributed by atoms with van der Waals surface area (Å²) in [7, 11) is 0. The Morgan fingerprint density at radius 2 is 2.20 bits per heavy atom. The molecule has 2 fully saturated rings. The number of amides is 1. The fraction of sp³-hybridized carbons (Fsp3) is 0.400. The van der Waals surface area contributed by atoms with Gasteiger partial charge in [0.2, 0.25) is 0 Å². The van der Waals surface area contributed by atoms with Gasteiger partial charge in [0, 0.05) is 24.8 Å². The molecule has 2 N–H and O–H groups in total. The van der Waals surface area contributed by atoms with E-state index in [1.165, 1.54) is 12.3 Å². The Morgan fingerprint density at radius 3 is 3.07 bits per heavy atom. The van der Waals surface area contributed by atoms with Crippen molar-refractivity contribution < 1.29 is 13.9 Å². The Labute approximate surface area is 171 Å². The summed E-state index contributed by atoms with van der Waals surface area (Å²) in [4.78, 5) is 24.1. The Balaban J connectivity index is 1.54. The molecule has 1 aliphatic carbocycles. The maximum atomic E-state index is 14.2. The van der Waals surface area contributed by atoms with Crippen LogP contribution in [0.15, 0.2) is 30.7 Å². The lowest BCUT2D eigenvalue weighted by atomic mass is 10.0. The van der Waals surface area contributed by atoms with Crippen LogP contribution in [0.4, 0.5) is 16.0 Å². The molecule has 9 nitrogen and oxygen atoms in total. The number of hydrogen-bond acceptors (Lipinski definition) is 7. The maximum Gasteiger partial charge on any atom is 0.257 e. The molecule has 1 saturated heterocycles. The number of pyridine rings is 1. The third-order valence-electron chi connectivity index (χ3n) is 6.09. The first-order chi connectivity index (χ1) is 14.6. The van der Waals surface area contributed by atoms with E-state index in [0.29, 0.717) is 54.7 Å². The van der Waals surface area contributed by atoms with Crippen LogP contribution in [0.25, 0.3) is 5.65 Å². The number of morpholine rings is 1. The monoisotopic (exact) mass is 409 g/mol. The molecule has 3 aliphatic rings. The highest BCUT2D eigenvalue weighted by atomic mass is 19.1. The molecule has 0 radical (unpaired) electrons. The van der Waals surface area contributed by atoms with Gasteiger partial charge in [0.25, 0.3) is 5.91 Å². The van der Waals surface area contributed by atoms with Crippen LogP contribution in [-0.4, -0.2) is 57.3 Å². The molecule has 6 rings (SSSR count). The summed E-state index contributed by atoms with van der Waals surface area (Å²) in [6.07, 6.45) is 6.26. The zero-order valence-electron chi connectivity index (χ0n) is 16.1. The Bertz CT molecular complexity index is 1160. The molecule has 1 amide bonds. The van der Waals surface area contributed by atoms with Crippen molar-refractivity contribution in [2.24, 2.45) is 0 Å². The zero-order valence-corrected chi connectivity index (χ0v) is 16.1. The number of nitrogens with one attached hydrogen (secondary N) is 2. The highest BCUT2D eigenvalue weighted by Crippen LogP contribution is 2.38. The number of halogens is 1. The molecular formula is C20H20FN7O2. The van der Waals surface area contributed by atoms with E-state index in [9.17, 15) is 9.18 Å². The van der Waals surface area contributed by atoms with Crippen LogP contribution in [-0.2, 0) is 4.74 Å². The number of rotatable bonds is 0. The predicted molar refractivity (Wildman–Crippen MR) is 106 cm³/mol. The fourth-order valence-corrected chi connectivity index (χ4v) is 4.23. The van der Waals surface area contributed by atoms with Gasteiger partial charge in [-0.25, -0.2) is 18.9 Å². The van der Waals surface area contributed by atoms with E-state index in [2.05, 4.69) is 25.6 Å². The minimum Gasteiger partial charge on any atom is -0.377 e. The van der Waals surface area contributed by atoms with Crippen LogP contribution >= 0.6 is 0 Å². The van der Waals surface area contributed by atoms with Crippen molar-refractivity contribution in [2.45, 2.75) is 24.4 Å². The van der Waals surface area contributed by atoms with Gasteiger partial charge in [-0.2, -0.15) is 5.10 Å². The molecule has 5 heterocycles.